The van der Waals surface area contributed by atoms with Crippen molar-refractivity contribution in [1.29, 1.82) is 0 Å². The highest BCUT2D eigenvalue weighted by atomic mass is 127. The summed E-state index contributed by atoms with van der Waals surface area (Å²) < 4.78 is 4.96. The Labute approximate surface area is 223 Å². The number of nitrogens with zero attached hydrogens (tertiary/aromatic N) is 8. The Hall–Kier alpha value is -3.09. The van der Waals surface area contributed by atoms with Crippen LogP contribution in [0.25, 0.3) is 27.9 Å². The lowest BCUT2D eigenvalue weighted by atomic mass is 10.1. The van der Waals surface area contributed by atoms with E-state index in [9.17, 15) is 0 Å². The molecule has 6 rings (SSSR count). The molecule has 6 heterocycles. The lowest BCUT2D eigenvalue weighted by molar-refractivity contribution is 0.147. The Balaban J connectivity index is 1.44. The molecule has 36 heavy (non-hydrogen) atoms. The Bertz CT molecular complexity index is 1550. The molecule has 0 saturated carbocycles. The van der Waals surface area contributed by atoms with Crippen LogP contribution in [0.1, 0.15) is 24.2 Å². The van der Waals surface area contributed by atoms with Crippen LogP contribution in [0.15, 0.2) is 55.0 Å². The summed E-state index contributed by atoms with van der Waals surface area (Å²) in [5, 5.41) is 5.61. The van der Waals surface area contributed by atoms with Gasteiger partial charge in [0.15, 0.2) is 5.65 Å². The number of nitrogens with two attached hydrogens (primary N) is 1. The number of nitrogen functional groups attached to an aromatic ring is 1. The summed E-state index contributed by atoms with van der Waals surface area (Å²) in [7, 11) is 2.18. The fraction of sp³-hybridized carbons (Fsp3) is 0.308. The number of hydrogen-bond donors (Lipinski definition) is 1. The van der Waals surface area contributed by atoms with Gasteiger partial charge in [-0.2, -0.15) is 5.10 Å². The summed E-state index contributed by atoms with van der Waals surface area (Å²) in [5.74, 6) is 0.448. The maximum absolute atomic E-state index is 6.16. The number of hydrogen-bond acceptors (Lipinski definition) is 7. The minimum atomic E-state index is -0.0942. The molecule has 2 N–H and O–H groups in total. The summed E-state index contributed by atoms with van der Waals surface area (Å²) in [6.07, 6.45) is 3.60. The molecule has 0 bridgehead atoms. The zero-order chi connectivity index (χ0) is 24.8. The van der Waals surface area contributed by atoms with Gasteiger partial charge in [-0.1, -0.05) is 12.1 Å². The van der Waals surface area contributed by atoms with Crippen LogP contribution in [-0.4, -0.2) is 72.2 Å². The minimum Gasteiger partial charge on any atom is -0.383 e. The first kappa shape index (κ1) is 23.3. The second kappa shape index (κ2) is 9.41. The first-order chi connectivity index (χ1) is 17.5. The van der Waals surface area contributed by atoms with Crippen molar-refractivity contribution in [3.8, 4) is 11.4 Å². The number of fused-ring (bicyclic) bond motifs is 2. The lowest BCUT2D eigenvalue weighted by Crippen LogP contribution is -2.44. The van der Waals surface area contributed by atoms with Gasteiger partial charge in [-0.3, -0.25) is 4.90 Å². The normalized spacial score (nSPS) is 16.2. The zero-order valence-electron chi connectivity index (χ0n) is 20.3. The van der Waals surface area contributed by atoms with E-state index in [2.05, 4.69) is 109 Å². The lowest BCUT2D eigenvalue weighted by Gasteiger charge is -2.32. The van der Waals surface area contributed by atoms with Crippen LogP contribution < -0.4 is 5.73 Å². The van der Waals surface area contributed by atoms with Crippen LogP contribution in [-0.2, 0) is 6.54 Å². The summed E-state index contributed by atoms with van der Waals surface area (Å²) in [4.78, 5) is 18.7. The molecule has 9 nitrogen and oxygen atoms in total. The highest BCUT2D eigenvalue weighted by Gasteiger charge is 2.24. The van der Waals surface area contributed by atoms with Crippen LogP contribution in [0.2, 0.25) is 0 Å². The molecular formula is C26H28IN9. The predicted molar refractivity (Wildman–Crippen MR) is 150 cm³/mol. The first-order valence-corrected chi connectivity index (χ1v) is 13.2. The molecule has 1 aliphatic rings. The van der Waals surface area contributed by atoms with Gasteiger partial charge < -0.3 is 15.0 Å². The van der Waals surface area contributed by atoms with Gasteiger partial charge in [0.2, 0.25) is 0 Å². The van der Waals surface area contributed by atoms with Crippen LogP contribution in [0.4, 0.5) is 5.82 Å². The van der Waals surface area contributed by atoms with E-state index in [-0.39, 0.29) is 6.04 Å². The van der Waals surface area contributed by atoms with E-state index in [0.29, 0.717) is 5.82 Å². The average Bonchev–Trinajstić information content (AvgIpc) is 3.44. The first-order valence-electron chi connectivity index (χ1n) is 12.1. The molecule has 1 aliphatic heterocycles. The number of rotatable bonds is 5. The van der Waals surface area contributed by atoms with Gasteiger partial charge in [-0.05, 0) is 66.9 Å². The van der Waals surface area contributed by atoms with E-state index < -0.39 is 0 Å². The number of anilines is 1. The zero-order valence-corrected chi connectivity index (χ0v) is 22.5. The summed E-state index contributed by atoms with van der Waals surface area (Å²) in [5.41, 5.74) is 12.2. The third-order valence-electron chi connectivity index (χ3n) is 7.03. The molecule has 0 amide bonds. The van der Waals surface area contributed by atoms with Crippen molar-refractivity contribution in [3.05, 3.63) is 69.9 Å². The number of likely N-dealkylation sites (N-methyl/N-ethyl adjacent to an activating group) is 1. The van der Waals surface area contributed by atoms with Gasteiger partial charge in [0.05, 0.1) is 28.5 Å². The average molecular weight is 593 g/mol. The number of pyridine rings is 2. The van der Waals surface area contributed by atoms with Crippen molar-refractivity contribution < 1.29 is 0 Å². The molecular weight excluding hydrogens is 565 g/mol. The van der Waals surface area contributed by atoms with Gasteiger partial charge in [0, 0.05) is 50.0 Å². The fourth-order valence-electron chi connectivity index (χ4n) is 5.02. The largest absolute Gasteiger partial charge is 0.383 e. The molecule has 1 saturated heterocycles. The van der Waals surface area contributed by atoms with E-state index in [4.69, 9.17) is 15.8 Å². The molecule has 10 heteroatoms. The van der Waals surface area contributed by atoms with Crippen molar-refractivity contribution >= 4 is 45.0 Å². The van der Waals surface area contributed by atoms with Crippen LogP contribution in [0, 0.1) is 3.70 Å². The molecule has 1 unspecified atom stereocenters. The van der Waals surface area contributed by atoms with E-state index in [0.717, 1.165) is 75.6 Å². The maximum Gasteiger partial charge on any atom is 0.165 e. The molecule has 5 aromatic rings. The van der Waals surface area contributed by atoms with Crippen molar-refractivity contribution in [1.82, 2.24) is 38.9 Å². The Morgan fingerprint density at radius 2 is 1.89 bits per heavy atom. The predicted octanol–water partition coefficient (Wildman–Crippen LogP) is 3.68. The highest BCUT2D eigenvalue weighted by molar-refractivity contribution is 14.1. The third-order valence-corrected chi connectivity index (χ3v) is 7.79. The number of aromatic nitrogens is 6. The van der Waals surface area contributed by atoms with E-state index >= 15 is 0 Å². The van der Waals surface area contributed by atoms with Gasteiger partial charge in [-0.15, -0.1) is 0 Å². The molecule has 5 aromatic heterocycles. The minimum absolute atomic E-state index is 0.0942. The van der Waals surface area contributed by atoms with Crippen LogP contribution in [0.3, 0.4) is 0 Å². The van der Waals surface area contributed by atoms with E-state index in [1.807, 2.05) is 4.68 Å². The number of halogens is 1. The van der Waals surface area contributed by atoms with Gasteiger partial charge >= 0.3 is 0 Å². The standard InChI is InChI=1S/C26H28IN9/c1-17(36-26-22(24(27)32-36)25(28)29-16-30-26)20-14-19-7-3-4-9-35(19)23(20)21-8-5-6-18(31-21)15-34-12-10-33(2)11-13-34/h3-9,14,16-17H,10-13,15H2,1-2H3,(H2,28,29,30). The van der Waals surface area contributed by atoms with E-state index in [1.54, 1.807) is 0 Å². The summed E-state index contributed by atoms with van der Waals surface area (Å²) in [6.45, 7) is 7.31. The van der Waals surface area contributed by atoms with Crippen molar-refractivity contribution in [2.75, 3.05) is 39.0 Å². The fourth-order valence-corrected chi connectivity index (χ4v) is 5.77. The van der Waals surface area contributed by atoms with Gasteiger partial charge in [0.1, 0.15) is 15.8 Å². The molecule has 0 aliphatic carbocycles. The number of piperazine rings is 1. The van der Waals surface area contributed by atoms with Gasteiger partial charge in [0.25, 0.3) is 0 Å². The van der Waals surface area contributed by atoms with E-state index in [1.165, 1.54) is 6.33 Å². The Morgan fingerprint density at radius 1 is 1.06 bits per heavy atom. The topological polar surface area (TPSA) is 93.4 Å². The molecule has 1 atom stereocenters. The molecule has 0 aromatic carbocycles. The maximum atomic E-state index is 6.16. The Morgan fingerprint density at radius 3 is 2.72 bits per heavy atom. The summed E-state index contributed by atoms with van der Waals surface area (Å²) >= 11 is 2.21. The van der Waals surface area contributed by atoms with Gasteiger partial charge in [-0.25, -0.2) is 19.6 Å². The van der Waals surface area contributed by atoms with Crippen molar-refractivity contribution in [3.63, 3.8) is 0 Å². The highest BCUT2D eigenvalue weighted by Crippen LogP contribution is 2.35. The molecule has 184 valence electrons. The second-order valence-corrected chi connectivity index (χ2v) is 10.4. The SMILES string of the molecule is CC(c1cc2ccccn2c1-c1cccc(CN2CCN(C)CC2)n1)n1nc(I)c2c(N)ncnc21. The van der Waals surface area contributed by atoms with Crippen molar-refractivity contribution in [2.45, 2.75) is 19.5 Å². The summed E-state index contributed by atoms with van der Waals surface area (Å²) in [6, 6.07) is 14.7. The molecule has 0 spiro atoms. The molecule has 1 fully saturated rings. The monoisotopic (exact) mass is 593 g/mol. The van der Waals surface area contributed by atoms with Crippen molar-refractivity contribution in [2.24, 2.45) is 0 Å². The third kappa shape index (κ3) is 4.12. The molecule has 0 radical (unpaired) electrons. The smallest absolute Gasteiger partial charge is 0.165 e. The van der Waals surface area contributed by atoms with Crippen LogP contribution in [0.5, 0.6) is 0 Å². The second-order valence-electron chi connectivity index (χ2n) is 9.41. The van der Waals surface area contributed by atoms with Crippen LogP contribution >= 0.6 is 22.6 Å². The quantitative estimate of drug-likeness (QED) is 0.311. The Kier molecular flexibility index (Phi) is 6.10.